The van der Waals surface area contributed by atoms with Crippen molar-refractivity contribution in [2.75, 3.05) is 25.5 Å². The fourth-order valence-corrected chi connectivity index (χ4v) is 2.00. The molecule has 1 heterocycles. The molecule has 0 saturated heterocycles. The van der Waals surface area contributed by atoms with Crippen molar-refractivity contribution in [2.45, 2.75) is 25.8 Å². The van der Waals surface area contributed by atoms with Crippen molar-refractivity contribution < 1.29 is 0 Å². The van der Waals surface area contributed by atoms with E-state index in [2.05, 4.69) is 27.2 Å². The van der Waals surface area contributed by atoms with Crippen LogP contribution in [0.5, 0.6) is 0 Å². The lowest BCUT2D eigenvalue weighted by atomic mass is 9.85. The van der Waals surface area contributed by atoms with E-state index in [0.29, 0.717) is 0 Å². The van der Waals surface area contributed by atoms with Crippen molar-refractivity contribution in [3.63, 3.8) is 0 Å². The van der Waals surface area contributed by atoms with Gasteiger partial charge in [-0.1, -0.05) is 6.42 Å². The maximum absolute atomic E-state index is 4.53. The van der Waals surface area contributed by atoms with Gasteiger partial charge in [0.1, 0.15) is 11.6 Å². The minimum Gasteiger partial charge on any atom is -0.359 e. The summed E-state index contributed by atoms with van der Waals surface area (Å²) in [4.78, 5) is 11.0. The van der Waals surface area contributed by atoms with Crippen molar-refractivity contribution in [3.8, 4) is 0 Å². The highest BCUT2D eigenvalue weighted by Gasteiger charge is 2.19. The van der Waals surface area contributed by atoms with E-state index in [4.69, 9.17) is 0 Å². The van der Waals surface area contributed by atoms with Gasteiger partial charge in [-0.3, -0.25) is 0 Å². The highest BCUT2D eigenvalue weighted by atomic mass is 15.2. The summed E-state index contributed by atoms with van der Waals surface area (Å²) in [5.74, 6) is 2.76. The van der Waals surface area contributed by atoms with Gasteiger partial charge in [0, 0.05) is 19.8 Å². The van der Waals surface area contributed by atoms with Crippen LogP contribution < -0.4 is 10.2 Å². The lowest BCUT2D eigenvalue weighted by Gasteiger charge is -2.30. The highest BCUT2D eigenvalue weighted by molar-refractivity contribution is 5.36. The van der Waals surface area contributed by atoms with Crippen LogP contribution in [0.4, 0.5) is 5.82 Å². The Labute approximate surface area is 97.1 Å². The van der Waals surface area contributed by atoms with Crippen LogP contribution in [0.15, 0.2) is 12.3 Å². The van der Waals surface area contributed by atoms with Crippen LogP contribution in [0, 0.1) is 5.92 Å². The molecule has 0 bridgehead atoms. The van der Waals surface area contributed by atoms with E-state index >= 15 is 0 Å². The predicted molar refractivity (Wildman–Crippen MR) is 65.4 cm³/mol. The van der Waals surface area contributed by atoms with Gasteiger partial charge in [0.2, 0.25) is 0 Å². The lowest BCUT2D eigenvalue weighted by molar-refractivity contribution is 0.321. The quantitative estimate of drug-likeness (QED) is 0.815. The minimum absolute atomic E-state index is 0.727. The fourth-order valence-electron chi connectivity index (χ4n) is 2.00. The van der Waals surface area contributed by atoms with Crippen LogP contribution in [0.2, 0.25) is 0 Å². The van der Waals surface area contributed by atoms with Gasteiger partial charge in [0.25, 0.3) is 0 Å². The van der Waals surface area contributed by atoms with Gasteiger partial charge in [-0.05, 0) is 31.9 Å². The third-order valence-electron chi connectivity index (χ3n) is 3.17. The number of nitrogens with zero attached hydrogens (tertiary/aromatic N) is 3. The predicted octanol–water partition coefficient (Wildman–Crippen LogP) is 1.43. The van der Waals surface area contributed by atoms with Gasteiger partial charge >= 0.3 is 0 Å². The van der Waals surface area contributed by atoms with Gasteiger partial charge in [-0.2, -0.15) is 0 Å². The molecule has 1 aromatic heterocycles. The van der Waals surface area contributed by atoms with Crippen molar-refractivity contribution in [3.05, 3.63) is 18.1 Å². The molecule has 0 aromatic carbocycles. The van der Waals surface area contributed by atoms with E-state index in [9.17, 15) is 0 Å². The molecule has 2 rings (SSSR count). The summed E-state index contributed by atoms with van der Waals surface area (Å²) >= 11 is 0. The van der Waals surface area contributed by atoms with E-state index in [0.717, 1.165) is 30.6 Å². The number of hydrogen-bond acceptors (Lipinski definition) is 4. The second kappa shape index (κ2) is 5.25. The molecule has 88 valence electrons. The first-order chi connectivity index (χ1) is 7.79. The molecule has 4 nitrogen and oxygen atoms in total. The molecule has 1 fully saturated rings. The van der Waals surface area contributed by atoms with E-state index < -0.39 is 0 Å². The maximum Gasteiger partial charge on any atom is 0.144 e. The Kier molecular flexibility index (Phi) is 3.72. The standard InChI is InChI=1S/C12H20N4/c1-13-8-11-14-7-6-12(15-11)16(2)9-10-4-3-5-10/h6-7,10,13H,3-5,8-9H2,1-2H3. The summed E-state index contributed by atoms with van der Waals surface area (Å²) in [6, 6.07) is 1.98. The van der Waals surface area contributed by atoms with E-state index in [-0.39, 0.29) is 0 Å². The molecule has 1 aliphatic rings. The smallest absolute Gasteiger partial charge is 0.144 e. The minimum atomic E-state index is 0.727. The van der Waals surface area contributed by atoms with Crippen LogP contribution in [0.1, 0.15) is 25.1 Å². The molecule has 0 spiro atoms. The highest BCUT2D eigenvalue weighted by Crippen LogP contribution is 2.27. The molecule has 0 radical (unpaired) electrons. The van der Waals surface area contributed by atoms with Gasteiger partial charge in [-0.15, -0.1) is 0 Å². The maximum atomic E-state index is 4.53. The molecule has 1 aliphatic carbocycles. The Bertz CT molecular complexity index is 336. The Hall–Kier alpha value is -1.16. The SMILES string of the molecule is CNCc1nccc(N(C)CC2CCC2)n1. The molecule has 0 atom stereocenters. The van der Waals surface area contributed by atoms with E-state index in [1.165, 1.54) is 19.3 Å². The summed E-state index contributed by atoms with van der Waals surface area (Å²) in [5.41, 5.74) is 0. The monoisotopic (exact) mass is 220 g/mol. The molecule has 1 N–H and O–H groups in total. The fraction of sp³-hybridized carbons (Fsp3) is 0.667. The van der Waals surface area contributed by atoms with Gasteiger partial charge in [0.05, 0.1) is 6.54 Å². The Balaban J connectivity index is 1.97. The third-order valence-corrected chi connectivity index (χ3v) is 3.17. The molecule has 16 heavy (non-hydrogen) atoms. The number of hydrogen-bond donors (Lipinski definition) is 1. The average Bonchev–Trinajstić information content (AvgIpc) is 2.24. The largest absolute Gasteiger partial charge is 0.359 e. The van der Waals surface area contributed by atoms with Crippen molar-refractivity contribution in [1.82, 2.24) is 15.3 Å². The molecule has 0 unspecified atom stereocenters. The zero-order valence-electron chi connectivity index (χ0n) is 10.1. The van der Waals surface area contributed by atoms with E-state index in [1.54, 1.807) is 0 Å². The summed E-state index contributed by atoms with van der Waals surface area (Å²) in [6.45, 7) is 1.85. The summed E-state index contributed by atoms with van der Waals surface area (Å²) in [6.07, 6.45) is 5.98. The molecule has 1 aromatic rings. The molecular weight excluding hydrogens is 200 g/mol. The second-order valence-electron chi connectivity index (χ2n) is 4.54. The van der Waals surface area contributed by atoms with E-state index in [1.807, 2.05) is 19.3 Å². The van der Waals surface area contributed by atoms with Gasteiger partial charge < -0.3 is 10.2 Å². The zero-order valence-corrected chi connectivity index (χ0v) is 10.1. The van der Waals surface area contributed by atoms with Gasteiger partial charge in [0.15, 0.2) is 0 Å². The topological polar surface area (TPSA) is 41.1 Å². The summed E-state index contributed by atoms with van der Waals surface area (Å²) in [5, 5.41) is 3.07. The molecule has 4 heteroatoms. The average molecular weight is 220 g/mol. The Morgan fingerprint density at radius 3 is 2.94 bits per heavy atom. The number of anilines is 1. The van der Waals surface area contributed by atoms with Crippen LogP contribution in [-0.2, 0) is 6.54 Å². The second-order valence-corrected chi connectivity index (χ2v) is 4.54. The summed E-state index contributed by atoms with van der Waals surface area (Å²) in [7, 11) is 4.03. The number of rotatable bonds is 5. The first kappa shape index (κ1) is 11.3. The molecule has 0 amide bonds. The molecule has 0 aliphatic heterocycles. The van der Waals surface area contributed by atoms with Crippen LogP contribution >= 0.6 is 0 Å². The number of nitrogens with one attached hydrogen (secondary N) is 1. The molecule has 1 saturated carbocycles. The Morgan fingerprint density at radius 1 is 1.50 bits per heavy atom. The third kappa shape index (κ3) is 2.70. The first-order valence-electron chi connectivity index (χ1n) is 5.97. The first-order valence-corrected chi connectivity index (χ1v) is 5.97. The lowest BCUT2D eigenvalue weighted by Crippen LogP contribution is -2.30. The van der Waals surface area contributed by atoms with Crippen LogP contribution in [0.3, 0.4) is 0 Å². The van der Waals surface area contributed by atoms with Crippen molar-refractivity contribution in [1.29, 1.82) is 0 Å². The molecular formula is C12H20N4. The van der Waals surface area contributed by atoms with Crippen LogP contribution in [-0.4, -0.2) is 30.6 Å². The van der Waals surface area contributed by atoms with Crippen molar-refractivity contribution >= 4 is 5.82 Å². The summed E-state index contributed by atoms with van der Waals surface area (Å²) < 4.78 is 0. The Morgan fingerprint density at radius 2 is 2.31 bits per heavy atom. The number of aromatic nitrogens is 2. The normalized spacial score (nSPS) is 15.9. The van der Waals surface area contributed by atoms with Crippen molar-refractivity contribution in [2.24, 2.45) is 5.92 Å². The van der Waals surface area contributed by atoms with Crippen LogP contribution in [0.25, 0.3) is 0 Å². The van der Waals surface area contributed by atoms with Gasteiger partial charge in [-0.25, -0.2) is 9.97 Å². The zero-order chi connectivity index (χ0) is 11.4.